The van der Waals surface area contributed by atoms with E-state index in [-0.39, 0.29) is 0 Å². The minimum absolute atomic E-state index is 0.716. The van der Waals surface area contributed by atoms with Gasteiger partial charge in [-0.2, -0.15) is 0 Å². The Bertz CT molecular complexity index is 544. The molecule has 0 bridgehead atoms. The summed E-state index contributed by atoms with van der Waals surface area (Å²) < 4.78 is 0. The maximum atomic E-state index is 11.1. The first-order valence-electron chi connectivity index (χ1n) is 4.96. The summed E-state index contributed by atoms with van der Waals surface area (Å²) in [5, 5.41) is 1.07. The number of aryl methyl sites for hydroxylation is 1. The lowest BCUT2D eigenvalue weighted by Gasteiger charge is -2.11. The zero-order valence-electron chi connectivity index (χ0n) is 9.16. The molecule has 1 heterocycles. The Labute approximate surface area is 89.0 Å². The van der Waals surface area contributed by atoms with Crippen LogP contribution < -0.4 is 0 Å². The number of nitrogens with zero attached hydrogens (tertiary/aromatic N) is 1. The predicted octanol–water partition coefficient (Wildman–Crippen LogP) is 2.97. The van der Waals surface area contributed by atoms with E-state index in [1.807, 2.05) is 26.0 Å². The zero-order valence-corrected chi connectivity index (χ0v) is 9.16. The number of hydrogen-bond donors (Lipinski definition) is 0. The standard InChI is InChI=1S/C13H13NO/c1-8-9(2)11-5-4-6-14-13(11)12(7-15)10(8)3/h4-7H,1-3H3. The maximum Gasteiger partial charge on any atom is 0.152 e. The van der Waals surface area contributed by atoms with Gasteiger partial charge in [0.15, 0.2) is 6.29 Å². The molecule has 0 N–H and O–H groups in total. The van der Waals surface area contributed by atoms with Crippen molar-refractivity contribution in [3.8, 4) is 0 Å². The van der Waals surface area contributed by atoms with E-state index >= 15 is 0 Å². The lowest BCUT2D eigenvalue weighted by atomic mass is 9.94. The van der Waals surface area contributed by atoms with Gasteiger partial charge in [0.2, 0.25) is 0 Å². The molecule has 76 valence electrons. The van der Waals surface area contributed by atoms with Crippen LogP contribution in [0.5, 0.6) is 0 Å². The molecular weight excluding hydrogens is 186 g/mol. The number of aromatic nitrogens is 1. The van der Waals surface area contributed by atoms with Crippen LogP contribution in [-0.4, -0.2) is 11.3 Å². The molecule has 15 heavy (non-hydrogen) atoms. The highest BCUT2D eigenvalue weighted by atomic mass is 16.1. The molecule has 2 nitrogen and oxygen atoms in total. The number of benzene rings is 1. The van der Waals surface area contributed by atoms with Crippen molar-refractivity contribution < 1.29 is 4.79 Å². The van der Waals surface area contributed by atoms with Gasteiger partial charge in [-0.05, 0) is 43.5 Å². The van der Waals surface area contributed by atoms with E-state index in [9.17, 15) is 4.79 Å². The van der Waals surface area contributed by atoms with Gasteiger partial charge in [0, 0.05) is 17.1 Å². The fraction of sp³-hybridized carbons (Fsp3) is 0.231. The number of rotatable bonds is 1. The average molecular weight is 199 g/mol. The molecule has 0 unspecified atom stereocenters. The summed E-state index contributed by atoms with van der Waals surface area (Å²) in [7, 11) is 0. The van der Waals surface area contributed by atoms with Crippen LogP contribution in [-0.2, 0) is 0 Å². The molecule has 2 heteroatoms. The van der Waals surface area contributed by atoms with Gasteiger partial charge in [0.05, 0.1) is 5.52 Å². The average Bonchev–Trinajstić information content (AvgIpc) is 2.27. The van der Waals surface area contributed by atoms with Gasteiger partial charge < -0.3 is 0 Å². The van der Waals surface area contributed by atoms with Crippen molar-refractivity contribution in [1.29, 1.82) is 0 Å². The fourth-order valence-corrected chi connectivity index (χ4v) is 1.93. The maximum absolute atomic E-state index is 11.1. The first kappa shape index (κ1) is 9.84. The Kier molecular flexibility index (Phi) is 2.27. The Morgan fingerprint density at radius 1 is 1.13 bits per heavy atom. The molecule has 0 atom stereocenters. The topological polar surface area (TPSA) is 30.0 Å². The largest absolute Gasteiger partial charge is 0.298 e. The van der Waals surface area contributed by atoms with Crippen molar-refractivity contribution in [2.24, 2.45) is 0 Å². The fourth-order valence-electron chi connectivity index (χ4n) is 1.93. The minimum atomic E-state index is 0.716. The Morgan fingerprint density at radius 2 is 1.87 bits per heavy atom. The van der Waals surface area contributed by atoms with E-state index in [1.54, 1.807) is 6.20 Å². The molecule has 0 spiro atoms. The van der Waals surface area contributed by atoms with Crippen molar-refractivity contribution in [3.63, 3.8) is 0 Å². The zero-order chi connectivity index (χ0) is 11.0. The predicted molar refractivity (Wildman–Crippen MR) is 61.3 cm³/mol. The van der Waals surface area contributed by atoms with Crippen molar-refractivity contribution in [2.75, 3.05) is 0 Å². The summed E-state index contributed by atoms with van der Waals surface area (Å²) in [4.78, 5) is 15.3. The molecule has 2 aromatic rings. The van der Waals surface area contributed by atoms with Crippen LogP contribution >= 0.6 is 0 Å². The third-order valence-electron chi connectivity index (χ3n) is 3.11. The van der Waals surface area contributed by atoms with Gasteiger partial charge in [-0.25, -0.2) is 0 Å². The van der Waals surface area contributed by atoms with Gasteiger partial charge in [-0.1, -0.05) is 6.07 Å². The van der Waals surface area contributed by atoms with Gasteiger partial charge in [0.1, 0.15) is 0 Å². The number of carbonyl (C=O) groups is 1. The lowest BCUT2D eigenvalue weighted by Crippen LogP contribution is -1.98. The van der Waals surface area contributed by atoms with Gasteiger partial charge in [0.25, 0.3) is 0 Å². The van der Waals surface area contributed by atoms with E-state index in [0.29, 0.717) is 5.56 Å². The molecule has 0 amide bonds. The number of aldehydes is 1. The highest BCUT2D eigenvalue weighted by molar-refractivity contribution is 5.99. The summed E-state index contributed by atoms with van der Waals surface area (Å²) in [5.41, 5.74) is 4.95. The third kappa shape index (κ3) is 1.33. The van der Waals surface area contributed by atoms with Crippen LogP contribution in [0.3, 0.4) is 0 Å². The highest BCUT2D eigenvalue weighted by Gasteiger charge is 2.11. The highest BCUT2D eigenvalue weighted by Crippen LogP contribution is 2.26. The van der Waals surface area contributed by atoms with E-state index in [4.69, 9.17) is 0 Å². The van der Waals surface area contributed by atoms with Crippen molar-refractivity contribution in [2.45, 2.75) is 20.8 Å². The molecular formula is C13H13NO. The Balaban J connectivity index is 3.04. The second kappa shape index (κ2) is 3.46. The summed E-state index contributed by atoms with van der Waals surface area (Å²) in [5.74, 6) is 0. The van der Waals surface area contributed by atoms with Crippen LogP contribution in [0.1, 0.15) is 27.0 Å². The second-order valence-corrected chi connectivity index (χ2v) is 3.81. The van der Waals surface area contributed by atoms with Crippen LogP contribution in [0, 0.1) is 20.8 Å². The van der Waals surface area contributed by atoms with Gasteiger partial charge in [-0.15, -0.1) is 0 Å². The molecule has 0 aliphatic carbocycles. The molecule has 0 fully saturated rings. The first-order chi connectivity index (χ1) is 7.16. The number of fused-ring (bicyclic) bond motifs is 1. The number of carbonyl (C=O) groups excluding carboxylic acids is 1. The summed E-state index contributed by atoms with van der Waals surface area (Å²) in [6, 6.07) is 3.91. The monoisotopic (exact) mass is 199 g/mol. The van der Waals surface area contributed by atoms with E-state index in [0.717, 1.165) is 22.8 Å². The van der Waals surface area contributed by atoms with E-state index in [1.165, 1.54) is 11.1 Å². The number of pyridine rings is 1. The smallest absolute Gasteiger partial charge is 0.152 e. The van der Waals surface area contributed by atoms with Crippen LogP contribution in [0.4, 0.5) is 0 Å². The van der Waals surface area contributed by atoms with E-state index < -0.39 is 0 Å². The molecule has 0 radical (unpaired) electrons. The molecule has 0 saturated carbocycles. The van der Waals surface area contributed by atoms with Gasteiger partial charge in [-0.3, -0.25) is 9.78 Å². The molecule has 0 aliphatic rings. The molecule has 0 saturated heterocycles. The SMILES string of the molecule is Cc1c(C)c(C=O)c2ncccc2c1C. The second-order valence-electron chi connectivity index (χ2n) is 3.81. The third-order valence-corrected chi connectivity index (χ3v) is 3.11. The van der Waals surface area contributed by atoms with Crippen LogP contribution in [0.15, 0.2) is 18.3 Å². The van der Waals surface area contributed by atoms with E-state index in [2.05, 4.69) is 11.9 Å². The quantitative estimate of drug-likeness (QED) is 0.661. The van der Waals surface area contributed by atoms with Crippen molar-refractivity contribution in [3.05, 3.63) is 40.6 Å². The lowest BCUT2D eigenvalue weighted by molar-refractivity contribution is 0.112. The summed E-state index contributed by atoms with van der Waals surface area (Å²) in [6.07, 6.45) is 2.63. The summed E-state index contributed by atoms with van der Waals surface area (Å²) >= 11 is 0. The van der Waals surface area contributed by atoms with Crippen LogP contribution in [0.25, 0.3) is 10.9 Å². The Morgan fingerprint density at radius 3 is 2.53 bits per heavy atom. The number of hydrogen-bond acceptors (Lipinski definition) is 2. The summed E-state index contributed by atoms with van der Waals surface area (Å²) in [6.45, 7) is 6.09. The van der Waals surface area contributed by atoms with Crippen molar-refractivity contribution >= 4 is 17.2 Å². The molecule has 1 aromatic heterocycles. The van der Waals surface area contributed by atoms with Crippen molar-refractivity contribution in [1.82, 2.24) is 4.98 Å². The minimum Gasteiger partial charge on any atom is -0.298 e. The molecule has 1 aromatic carbocycles. The first-order valence-corrected chi connectivity index (χ1v) is 4.96. The van der Waals surface area contributed by atoms with Crippen LogP contribution in [0.2, 0.25) is 0 Å². The molecule has 0 aliphatic heterocycles. The molecule has 2 rings (SSSR count). The van der Waals surface area contributed by atoms with Gasteiger partial charge >= 0.3 is 0 Å². The Hall–Kier alpha value is -1.70. The normalized spacial score (nSPS) is 10.6.